The minimum atomic E-state index is -0.598. The molecule has 138 valence electrons. The van der Waals surface area contributed by atoms with Crippen molar-refractivity contribution in [3.8, 4) is 0 Å². The molecule has 1 aromatic heterocycles. The highest BCUT2D eigenvalue weighted by Gasteiger charge is 2.09. The predicted molar refractivity (Wildman–Crippen MR) is 102 cm³/mol. The Morgan fingerprint density at radius 2 is 1.74 bits per heavy atom. The zero-order valence-electron chi connectivity index (χ0n) is 13.9. The molecule has 2 aromatic carbocycles. The van der Waals surface area contributed by atoms with Gasteiger partial charge >= 0.3 is 5.97 Å². The summed E-state index contributed by atoms with van der Waals surface area (Å²) in [5, 5.41) is 13.0. The van der Waals surface area contributed by atoms with Crippen LogP contribution in [0.4, 0.5) is 5.69 Å². The van der Waals surface area contributed by atoms with Gasteiger partial charge in [-0.15, -0.1) is 5.10 Å². The summed E-state index contributed by atoms with van der Waals surface area (Å²) in [5.41, 5.74) is 0.622. The van der Waals surface area contributed by atoms with Gasteiger partial charge in [-0.1, -0.05) is 27.7 Å². The zero-order chi connectivity index (χ0) is 19.1. The average Bonchev–Trinajstić information content (AvgIpc) is 3.16. The Morgan fingerprint density at radius 3 is 2.37 bits per heavy atom. The van der Waals surface area contributed by atoms with Crippen LogP contribution in [0.25, 0.3) is 0 Å². The van der Waals surface area contributed by atoms with Crippen molar-refractivity contribution in [2.45, 2.75) is 16.3 Å². The third kappa shape index (κ3) is 6.19. The van der Waals surface area contributed by atoms with Gasteiger partial charge < -0.3 is 10.1 Å². The van der Waals surface area contributed by atoms with Crippen molar-refractivity contribution in [2.24, 2.45) is 0 Å². The van der Waals surface area contributed by atoms with Gasteiger partial charge in [-0.3, -0.25) is 9.59 Å². The normalized spacial score (nSPS) is 10.4. The molecule has 8 nitrogen and oxygen atoms in total. The lowest BCUT2D eigenvalue weighted by Gasteiger charge is -2.07. The monoisotopic (exact) mass is 447 g/mol. The lowest BCUT2D eigenvalue weighted by molar-refractivity contribution is -0.148. The number of hydrogen-bond acceptors (Lipinski definition) is 7. The van der Waals surface area contributed by atoms with Crippen molar-refractivity contribution >= 4 is 45.3 Å². The third-order valence-corrected chi connectivity index (χ3v) is 4.78. The van der Waals surface area contributed by atoms with E-state index in [1.165, 1.54) is 11.0 Å². The maximum atomic E-state index is 11.9. The fourth-order valence-corrected chi connectivity index (χ4v) is 3.10. The number of anilines is 1. The van der Waals surface area contributed by atoms with E-state index in [1.54, 1.807) is 23.9 Å². The first-order valence-electron chi connectivity index (χ1n) is 7.78. The number of benzene rings is 2. The van der Waals surface area contributed by atoms with Crippen LogP contribution in [0.2, 0.25) is 0 Å². The van der Waals surface area contributed by atoms with E-state index in [2.05, 4.69) is 36.8 Å². The molecule has 0 spiro atoms. The molecule has 27 heavy (non-hydrogen) atoms. The molecular weight excluding hydrogens is 434 g/mol. The molecule has 1 amide bonds. The van der Waals surface area contributed by atoms with Crippen LogP contribution in [0, 0.1) is 0 Å². The molecule has 0 bridgehead atoms. The highest BCUT2D eigenvalue weighted by atomic mass is 79.9. The second-order valence-corrected chi connectivity index (χ2v) is 7.36. The number of rotatable bonds is 7. The summed E-state index contributed by atoms with van der Waals surface area (Å²) in [6, 6.07) is 15.4. The SMILES string of the molecule is O=C(COC(=O)Cn1cnnn1)Nc1ccc(Sc2ccc(Br)cc2)cc1. The van der Waals surface area contributed by atoms with Crippen LogP contribution in [0.5, 0.6) is 0 Å². The van der Waals surface area contributed by atoms with Crippen molar-refractivity contribution < 1.29 is 14.3 Å². The minimum absolute atomic E-state index is 0.151. The second kappa shape index (κ2) is 9.28. The maximum Gasteiger partial charge on any atom is 0.328 e. The third-order valence-electron chi connectivity index (χ3n) is 3.23. The molecule has 0 saturated heterocycles. The van der Waals surface area contributed by atoms with E-state index in [0.717, 1.165) is 14.3 Å². The number of carbonyl (C=O) groups excluding carboxylic acids is 2. The van der Waals surface area contributed by atoms with Gasteiger partial charge in [0, 0.05) is 20.0 Å². The standard InChI is InChI=1S/C17H14BrN5O3S/c18-12-1-5-14(6-2-12)27-15-7-3-13(4-8-15)20-16(24)10-26-17(25)9-23-11-19-21-22-23/h1-8,11H,9-10H2,(H,20,24). The van der Waals surface area contributed by atoms with Crippen LogP contribution in [0.3, 0.4) is 0 Å². The smallest absolute Gasteiger partial charge is 0.328 e. The van der Waals surface area contributed by atoms with Gasteiger partial charge in [-0.05, 0) is 59.0 Å². The van der Waals surface area contributed by atoms with Gasteiger partial charge in [0.25, 0.3) is 5.91 Å². The quantitative estimate of drug-likeness (QED) is 0.555. The molecule has 0 atom stereocenters. The van der Waals surface area contributed by atoms with Gasteiger partial charge in [-0.2, -0.15) is 0 Å². The number of halogens is 1. The Morgan fingerprint density at radius 1 is 1.07 bits per heavy atom. The van der Waals surface area contributed by atoms with Crippen molar-refractivity contribution in [1.29, 1.82) is 0 Å². The van der Waals surface area contributed by atoms with Crippen molar-refractivity contribution in [1.82, 2.24) is 20.2 Å². The molecule has 0 aliphatic heterocycles. The van der Waals surface area contributed by atoms with E-state index in [4.69, 9.17) is 4.74 Å². The number of aromatic nitrogens is 4. The highest BCUT2D eigenvalue weighted by Crippen LogP contribution is 2.29. The van der Waals surface area contributed by atoms with E-state index in [1.807, 2.05) is 36.4 Å². The molecule has 1 heterocycles. The first-order chi connectivity index (χ1) is 13.1. The summed E-state index contributed by atoms with van der Waals surface area (Å²) < 4.78 is 7.13. The van der Waals surface area contributed by atoms with E-state index in [9.17, 15) is 9.59 Å². The Labute approximate surface area is 167 Å². The summed E-state index contributed by atoms with van der Waals surface area (Å²) in [4.78, 5) is 25.6. The zero-order valence-corrected chi connectivity index (χ0v) is 16.3. The largest absolute Gasteiger partial charge is 0.454 e. The van der Waals surface area contributed by atoms with Crippen LogP contribution in [-0.2, 0) is 20.9 Å². The number of tetrazole rings is 1. The second-order valence-electron chi connectivity index (χ2n) is 5.30. The molecule has 0 aliphatic carbocycles. The Hall–Kier alpha value is -2.72. The fourth-order valence-electron chi connectivity index (χ4n) is 2.02. The number of carbonyl (C=O) groups is 2. The summed E-state index contributed by atoms with van der Waals surface area (Å²) >= 11 is 5.03. The number of hydrogen-bond donors (Lipinski definition) is 1. The molecule has 0 fully saturated rings. The van der Waals surface area contributed by atoms with Crippen LogP contribution in [0.1, 0.15) is 0 Å². The Balaban J connectivity index is 1.45. The minimum Gasteiger partial charge on any atom is -0.454 e. The van der Waals surface area contributed by atoms with E-state index >= 15 is 0 Å². The molecule has 0 unspecified atom stereocenters. The first kappa shape index (κ1) is 19.1. The predicted octanol–water partition coefficient (Wildman–Crippen LogP) is 2.77. The lowest BCUT2D eigenvalue weighted by Crippen LogP contribution is -2.23. The number of esters is 1. The van der Waals surface area contributed by atoms with E-state index < -0.39 is 11.9 Å². The number of ether oxygens (including phenoxy) is 1. The van der Waals surface area contributed by atoms with Gasteiger partial charge in [0.05, 0.1) is 0 Å². The van der Waals surface area contributed by atoms with Crippen molar-refractivity contribution in [3.05, 3.63) is 59.3 Å². The molecule has 3 rings (SSSR count). The fraction of sp³-hybridized carbons (Fsp3) is 0.118. The van der Waals surface area contributed by atoms with Gasteiger partial charge in [0.1, 0.15) is 12.9 Å². The van der Waals surface area contributed by atoms with E-state index in [0.29, 0.717) is 5.69 Å². The average molecular weight is 448 g/mol. The first-order valence-corrected chi connectivity index (χ1v) is 9.39. The van der Waals surface area contributed by atoms with Crippen molar-refractivity contribution in [3.63, 3.8) is 0 Å². The molecule has 10 heteroatoms. The molecular formula is C17H14BrN5O3S. The number of nitrogens with zero attached hydrogens (tertiary/aromatic N) is 4. The summed E-state index contributed by atoms with van der Waals surface area (Å²) in [6.45, 7) is -0.529. The highest BCUT2D eigenvalue weighted by molar-refractivity contribution is 9.10. The van der Waals surface area contributed by atoms with Crippen LogP contribution < -0.4 is 5.32 Å². The maximum absolute atomic E-state index is 11.9. The topological polar surface area (TPSA) is 99.0 Å². The number of amides is 1. The molecule has 0 radical (unpaired) electrons. The number of nitrogens with one attached hydrogen (secondary N) is 1. The van der Waals surface area contributed by atoms with E-state index in [-0.39, 0.29) is 13.2 Å². The summed E-state index contributed by atoms with van der Waals surface area (Å²) in [5.74, 6) is -1.02. The van der Waals surface area contributed by atoms with Crippen LogP contribution in [-0.4, -0.2) is 38.7 Å². The van der Waals surface area contributed by atoms with Gasteiger partial charge in [0.2, 0.25) is 0 Å². The molecule has 3 aromatic rings. The van der Waals surface area contributed by atoms with Gasteiger partial charge in [0.15, 0.2) is 6.61 Å². The molecule has 0 aliphatic rings. The Bertz CT molecular complexity index is 901. The van der Waals surface area contributed by atoms with Crippen LogP contribution >= 0.6 is 27.7 Å². The Kier molecular flexibility index (Phi) is 6.55. The van der Waals surface area contributed by atoms with Crippen LogP contribution in [0.15, 0.2) is 69.1 Å². The summed E-state index contributed by atoms with van der Waals surface area (Å²) in [7, 11) is 0. The lowest BCUT2D eigenvalue weighted by atomic mass is 10.3. The molecule has 1 N–H and O–H groups in total. The molecule has 0 saturated carbocycles. The summed E-state index contributed by atoms with van der Waals surface area (Å²) in [6.07, 6.45) is 1.29. The van der Waals surface area contributed by atoms with Gasteiger partial charge in [-0.25, -0.2) is 4.68 Å². The van der Waals surface area contributed by atoms with Crippen molar-refractivity contribution in [2.75, 3.05) is 11.9 Å².